The molecule has 0 atom stereocenters. The molecule has 1 aromatic carbocycles. The third-order valence-corrected chi connectivity index (χ3v) is 3.77. The summed E-state index contributed by atoms with van der Waals surface area (Å²) in [5.74, 6) is 0.154. The molecule has 0 aliphatic carbocycles. The van der Waals surface area contributed by atoms with E-state index < -0.39 is 0 Å². The van der Waals surface area contributed by atoms with Crippen LogP contribution in [-0.4, -0.2) is 32.4 Å². The summed E-state index contributed by atoms with van der Waals surface area (Å²) in [6.07, 6.45) is 0. The fourth-order valence-electron chi connectivity index (χ4n) is 1.83. The van der Waals surface area contributed by atoms with Gasteiger partial charge in [0.25, 0.3) is 5.91 Å². The minimum absolute atomic E-state index is 0.190. The molecule has 0 fully saturated rings. The number of rotatable bonds is 5. The molecule has 2 aromatic rings. The Morgan fingerprint density at radius 3 is 2.43 bits per heavy atom. The molecule has 0 radical (unpaired) electrons. The molecular weight excluding hydrogens is 312 g/mol. The number of carbonyl (C=O) groups is 1. The lowest BCUT2D eigenvalue weighted by molar-refractivity contribution is -0.118. The second kappa shape index (κ2) is 7.73. The molecule has 1 aromatic heterocycles. The van der Waals surface area contributed by atoms with Crippen LogP contribution >= 0.6 is 11.8 Å². The lowest BCUT2D eigenvalue weighted by Crippen LogP contribution is -2.21. The van der Waals surface area contributed by atoms with Gasteiger partial charge < -0.3 is 5.11 Å². The quantitative estimate of drug-likeness (QED) is 0.380. The van der Waals surface area contributed by atoms with Gasteiger partial charge >= 0.3 is 0 Å². The van der Waals surface area contributed by atoms with Crippen molar-refractivity contribution < 1.29 is 9.90 Å². The van der Waals surface area contributed by atoms with Gasteiger partial charge in [0.05, 0.1) is 11.5 Å². The maximum Gasteiger partial charge on any atom is 0.250 e. The SMILES string of the molecule is C/C(=N\NC(=O)CSc1nc(C)cc(C)n1)c1ccc(O)cc1. The van der Waals surface area contributed by atoms with Crippen molar-refractivity contribution in [1.82, 2.24) is 15.4 Å². The topological polar surface area (TPSA) is 87.5 Å². The van der Waals surface area contributed by atoms with Gasteiger partial charge in [-0.15, -0.1) is 0 Å². The normalized spacial score (nSPS) is 11.3. The molecule has 23 heavy (non-hydrogen) atoms. The summed E-state index contributed by atoms with van der Waals surface area (Å²) in [4.78, 5) is 20.4. The molecule has 0 aliphatic rings. The largest absolute Gasteiger partial charge is 0.508 e. The smallest absolute Gasteiger partial charge is 0.250 e. The Hall–Kier alpha value is -2.41. The Kier molecular flexibility index (Phi) is 5.70. The van der Waals surface area contributed by atoms with E-state index >= 15 is 0 Å². The van der Waals surface area contributed by atoms with E-state index in [0.29, 0.717) is 10.9 Å². The molecule has 0 bridgehead atoms. The number of benzene rings is 1. The molecular formula is C16H18N4O2S. The molecule has 1 heterocycles. The zero-order chi connectivity index (χ0) is 16.8. The summed E-state index contributed by atoms with van der Waals surface area (Å²) < 4.78 is 0. The fraction of sp³-hybridized carbons (Fsp3) is 0.250. The van der Waals surface area contributed by atoms with Crippen molar-refractivity contribution >= 4 is 23.4 Å². The van der Waals surface area contributed by atoms with Crippen LogP contribution in [0, 0.1) is 13.8 Å². The van der Waals surface area contributed by atoms with Crippen LogP contribution in [0.15, 0.2) is 40.6 Å². The molecule has 2 rings (SSSR count). The van der Waals surface area contributed by atoms with Crippen molar-refractivity contribution in [3.63, 3.8) is 0 Å². The highest BCUT2D eigenvalue weighted by atomic mass is 32.2. The van der Waals surface area contributed by atoms with Gasteiger partial charge in [0, 0.05) is 11.4 Å². The maximum atomic E-state index is 11.8. The molecule has 7 heteroatoms. The maximum absolute atomic E-state index is 11.8. The average Bonchev–Trinajstić information content (AvgIpc) is 2.50. The van der Waals surface area contributed by atoms with Crippen molar-refractivity contribution in [2.45, 2.75) is 25.9 Å². The van der Waals surface area contributed by atoms with Crippen molar-refractivity contribution in [3.8, 4) is 5.75 Å². The lowest BCUT2D eigenvalue weighted by atomic mass is 10.1. The first-order valence-electron chi connectivity index (χ1n) is 7.01. The first-order chi connectivity index (χ1) is 10.9. The van der Waals surface area contributed by atoms with Crippen molar-refractivity contribution in [2.24, 2.45) is 5.10 Å². The van der Waals surface area contributed by atoms with Gasteiger partial charge in [-0.25, -0.2) is 15.4 Å². The summed E-state index contributed by atoms with van der Waals surface area (Å²) in [6.45, 7) is 5.57. The first kappa shape index (κ1) is 17.0. The second-order valence-electron chi connectivity index (χ2n) is 5.00. The molecule has 0 saturated carbocycles. The standard InChI is InChI=1S/C16H18N4O2S/c1-10-8-11(2)18-16(17-10)23-9-15(22)20-19-12(3)13-4-6-14(21)7-5-13/h4-8,21H,9H2,1-3H3,(H,20,22)/b19-12+. The van der Waals surface area contributed by atoms with E-state index in [1.807, 2.05) is 19.9 Å². The highest BCUT2D eigenvalue weighted by Crippen LogP contribution is 2.13. The van der Waals surface area contributed by atoms with E-state index in [4.69, 9.17) is 0 Å². The number of carbonyl (C=O) groups excluding carboxylic acids is 1. The first-order valence-corrected chi connectivity index (χ1v) is 8.00. The Morgan fingerprint density at radius 2 is 1.83 bits per heavy atom. The monoisotopic (exact) mass is 330 g/mol. The van der Waals surface area contributed by atoms with E-state index in [9.17, 15) is 9.90 Å². The van der Waals surface area contributed by atoms with Gasteiger partial charge in [0.1, 0.15) is 5.75 Å². The van der Waals surface area contributed by atoms with Crippen LogP contribution < -0.4 is 5.43 Å². The van der Waals surface area contributed by atoms with Crippen molar-refractivity contribution in [3.05, 3.63) is 47.3 Å². The van der Waals surface area contributed by atoms with Crippen LogP contribution in [0.2, 0.25) is 0 Å². The second-order valence-corrected chi connectivity index (χ2v) is 5.94. The van der Waals surface area contributed by atoms with Gasteiger partial charge in [-0.1, -0.05) is 11.8 Å². The molecule has 2 N–H and O–H groups in total. The van der Waals surface area contributed by atoms with E-state index in [1.165, 1.54) is 11.8 Å². The van der Waals surface area contributed by atoms with Gasteiger partial charge in [-0.2, -0.15) is 5.10 Å². The van der Waals surface area contributed by atoms with E-state index in [-0.39, 0.29) is 17.4 Å². The highest BCUT2D eigenvalue weighted by molar-refractivity contribution is 7.99. The van der Waals surface area contributed by atoms with Crippen LogP contribution in [0.25, 0.3) is 0 Å². The van der Waals surface area contributed by atoms with Crippen LogP contribution in [0.5, 0.6) is 5.75 Å². The van der Waals surface area contributed by atoms with Crippen LogP contribution in [-0.2, 0) is 4.79 Å². The Labute approximate surface area is 139 Å². The Balaban J connectivity index is 1.89. The number of hydrogen-bond donors (Lipinski definition) is 2. The molecule has 0 spiro atoms. The number of amides is 1. The highest BCUT2D eigenvalue weighted by Gasteiger charge is 2.06. The zero-order valence-electron chi connectivity index (χ0n) is 13.2. The van der Waals surface area contributed by atoms with Crippen LogP contribution in [0.3, 0.4) is 0 Å². The third kappa shape index (κ3) is 5.37. The number of hydrazone groups is 1. The fourth-order valence-corrected chi connectivity index (χ4v) is 2.58. The number of phenolic OH excluding ortho intramolecular Hbond substituents is 1. The van der Waals surface area contributed by atoms with Crippen LogP contribution in [0.1, 0.15) is 23.9 Å². The van der Waals surface area contributed by atoms with Crippen LogP contribution in [0.4, 0.5) is 0 Å². The Bertz CT molecular complexity index is 709. The molecule has 0 unspecified atom stereocenters. The van der Waals surface area contributed by atoms with E-state index in [0.717, 1.165) is 17.0 Å². The number of thioether (sulfide) groups is 1. The number of hydrogen-bond acceptors (Lipinski definition) is 6. The van der Waals surface area contributed by atoms with Crippen molar-refractivity contribution in [1.29, 1.82) is 0 Å². The average molecular weight is 330 g/mol. The molecule has 1 amide bonds. The summed E-state index contributed by atoms with van der Waals surface area (Å²) in [5, 5.41) is 13.9. The lowest BCUT2D eigenvalue weighted by Gasteiger charge is -2.04. The molecule has 0 aliphatic heterocycles. The summed E-state index contributed by atoms with van der Waals surface area (Å²) >= 11 is 1.27. The van der Waals surface area contributed by atoms with Gasteiger partial charge in [-0.3, -0.25) is 4.79 Å². The predicted molar refractivity (Wildman–Crippen MR) is 90.7 cm³/mol. The zero-order valence-corrected chi connectivity index (χ0v) is 14.0. The minimum atomic E-state index is -0.226. The predicted octanol–water partition coefficient (Wildman–Crippen LogP) is 2.43. The molecule has 6 nitrogen and oxygen atoms in total. The Morgan fingerprint density at radius 1 is 1.22 bits per heavy atom. The number of aryl methyl sites for hydroxylation is 2. The number of nitrogens with zero attached hydrogens (tertiary/aromatic N) is 3. The van der Waals surface area contributed by atoms with E-state index in [1.54, 1.807) is 31.2 Å². The van der Waals surface area contributed by atoms with Gasteiger partial charge in [0.15, 0.2) is 5.16 Å². The molecule has 0 saturated heterocycles. The van der Waals surface area contributed by atoms with Crippen molar-refractivity contribution in [2.75, 3.05) is 5.75 Å². The third-order valence-electron chi connectivity index (χ3n) is 2.93. The number of phenols is 1. The number of aromatic hydroxyl groups is 1. The minimum Gasteiger partial charge on any atom is -0.508 e. The molecule has 120 valence electrons. The summed E-state index contributed by atoms with van der Waals surface area (Å²) in [6, 6.07) is 8.50. The summed E-state index contributed by atoms with van der Waals surface area (Å²) in [7, 11) is 0. The van der Waals surface area contributed by atoms with Gasteiger partial charge in [0.2, 0.25) is 0 Å². The summed E-state index contributed by atoms with van der Waals surface area (Å²) in [5.41, 5.74) is 5.74. The van der Waals surface area contributed by atoms with Gasteiger partial charge in [-0.05, 0) is 56.7 Å². The van der Waals surface area contributed by atoms with E-state index in [2.05, 4.69) is 20.5 Å². The number of nitrogens with one attached hydrogen (secondary N) is 1. The number of aromatic nitrogens is 2.